The van der Waals surface area contributed by atoms with Crippen molar-refractivity contribution in [3.05, 3.63) is 39.4 Å². The average molecular weight is 390 g/mol. The van der Waals surface area contributed by atoms with E-state index in [-0.39, 0.29) is 5.91 Å². The maximum atomic E-state index is 11.8. The van der Waals surface area contributed by atoms with Gasteiger partial charge in [0.05, 0.1) is 23.7 Å². The predicted octanol–water partition coefficient (Wildman–Crippen LogP) is 2.35. The second kappa shape index (κ2) is 9.22. The lowest BCUT2D eigenvalue weighted by molar-refractivity contribution is -0.192. The van der Waals surface area contributed by atoms with Gasteiger partial charge in [-0.3, -0.25) is 4.79 Å². The van der Waals surface area contributed by atoms with Gasteiger partial charge in [0.2, 0.25) is 5.91 Å². The minimum Gasteiger partial charge on any atom is -0.475 e. The molecule has 0 aliphatic rings. The van der Waals surface area contributed by atoms with Crippen molar-refractivity contribution >= 4 is 23.2 Å². The van der Waals surface area contributed by atoms with E-state index >= 15 is 0 Å². The van der Waals surface area contributed by atoms with Crippen LogP contribution in [0.15, 0.2) is 11.4 Å². The van der Waals surface area contributed by atoms with Crippen LogP contribution in [-0.4, -0.2) is 38.1 Å². The van der Waals surface area contributed by atoms with E-state index in [0.717, 1.165) is 22.1 Å². The molecule has 2 N–H and O–H groups in total. The van der Waals surface area contributed by atoms with E-state index in [1.165, 1.54) is 0 Å². The maximum absolute atomic E-state index is 11.8. The van der Waals surface area contributed by atoms with Gasteiger partial charge in [-0.05, 0) is 26.8 Å². The SMILES string of the molecule is Cc1cc(C)nc(CNC(=O)Cc2csc(C)n2)n1.O=C(O)C(F)(F)F. The molecule has 7 nitrogen and oxygen atoms in total. The first-order chi connectivity index (χ1) is 12.0. The average Bonchev–Trinajstić information content (AvgIpc) is 2.89. The highest BCUT2D eigenvalue weighted by Gasteiger charge is 2.38. The van der Waals surface area contributed by atoms with Crippen LogP contribution in [0.1, 0.15) is 27.9 Å². The number of nitrogens with one attached hydrogen (secondary N) is 1. The van der Waals surface area contributed by atoms with Crippen molar-refractivity contribution in [3.8, 4) is 0 Å². The molecule has 2 aromatic heterocycles. The van der Waals surface area contributed by atoms with Crippen molar-refractivity contribution in [3.63, 3.8) is 0 Å². The quantitative estimate of drug-likeness (QED) is 0.830. The Bertz CT molecular complexity index is 757. The number of thiazole rings is 1. The molecule has 0 unspecified atom stereocenters. The van der Waals surface area contributed by atoms with Crippen molar-refractivity contribution in [2.45, 2.75) is 39.9 Å². The summed E-state index contributed by atoms with van der Waals surface area (Å²) in [5.41, 5.74) is 2.63. The molecule has 0 bridgehead atoms. The van der Waals surface area contributed by atoms with Crippen molar-refractivity contribution in [1.29, 1.82) is 0 Å². The van der Waals surface area contributed by atoms with Crippen LogP contribution in [-0.2, 0) is 22.6 Å². The Balaban J connectivity index is 0.000000412. The Morgan fingerprint density at radius 1 is 1.15 bits per heavy atom. The van der Waals surface area contributed by atoms with Gasteiger partial charge in [-0.15, -0.1) is 11.3 Å². The van der Waals surface area contributed by atoms with E-state index in [0.29, 0.717) is 18.8 Å². The fourth-order valence-electron chi connectivity index (χ4n) is 1.77. The zero-order valence-corrected chi connectivity index (χ0v) is 15.0. The highest BCUT2D eigenvalue weighted by atomic mass is 32.1. The van der Waals surface area contributed by atoms with E-state index in [1.54, 1.807) is 11.3 Å². The Morgan fingerprint density at radius 3 is 2.12 bits per heavy atom. The third-order valence-corrected chi connectivity index (χ3v) is 3.55. The molecule has 0 saturated carbocycles. The second-order valence-corrected chi connectivity index (χ2v) is 6.24. The summed E-state index contributed by atoms with van der Waals surface area (Å²) in [4.78, 5) is 33.5. The van der Waals surface area contributed by atoms with Crippen LogP contribution in [0, 0.1) is 20.8 Å². The Hall–Kier alpha value is -2.56. The van der Waals surface area contributed by atoms with Gasteiger partial charge in [0, 0.05) is 16.8 Å². The number of hydrogen-bond donors (Lipinski definition) is 2. The van der Waals surface area contributed by atoms with Gasteiger partial charge in [-0.2, -0.15) is 13.2 Å². The zero-order valence-electron chi connectivity index (χ0n) is 14.2. The molecule has 26 heavy (non-hydrogen) atoms. The molecule has 0 fully saturated rings. The summed E-state index contributed by atoms with van der Waals surface area (Å²) in [6.07, 6.45) is -4.78. The number of hydrogen-bond acceptors (Lipinski definition) is 6. The highest BCUT2D eigenvalue weighted by Crippen LogP contribution is 2.13. The number of alkyl halides is 3. The minimum absolute atomic E-state index is 0.0620. The summed E-state index contributed by atoms with van der Waals surface area (Å²) in [6, 6.07) is 1.91. The topological polar surface area (TPSA) is 105 Å². The van der Waals surface area contributed by atoms with Gasteiger partial charge in [-0.25, -0.2) is 19.7 Å². The van der Waals surface area contributed by atoms with Crippen LogP contribution in [0.25, 0.3) is 0 Å². The predicted molar refractivity (Wildman–Crippen MR) is 87.6 cm³/mol. The van der Waals surface area contributed by atoms with Crippen molar-refractivity contribution in [2.24, 2.45) is 0 Å². The van der Waals surface area contributed by atoms with Gasteiger partial charge in [-0.1, -0.05) is 0 Å². The van der Waals surface area contributed by atoms with E-state index in [2.05, 4.69) is 20.3 Å². The van der Waals surface area contributed by atoms with Crippen molar-refractivity contribution < 1.29 is 27.9 Å². The molecule has 0 aliphatic heterocycles. The van der Waals surface area contributed by atoms with E-state index in [4.69, 9.17) is 9.90 Å². The first-order valence-corrected chi connectivity index (χ1v) is 8.14. The van der Waals surface area contributed by atoms with Crippen LogP contribution in [0.4, 0.5) is 13.2 Å². The zero-order chi connectivity index (χ0) is 19.9. The number of carboxylic acid groups (broad SMARTS) is 1. The van der Waals surface area contributed by atoms with Crippen LogP contribution in [0.5, 0.6) is 0 Å². The van der Waals surface area contributed by atoms with Gasteiger partial charge in [0.25, 0.3) is 0 Å². The lowest BCUT2D eigenvalue weighted by Crippen LogP contribution is -2.26. The molecule has 11 heteroatoms. The molecule has 1 amide bonds. The molecule has 2 aromatic rings. The largest absolute Gasteiger partial charge is 0.490 e. The first-order valence-electron chi connectivity index (χ1n) is 7.26. The fraction of sp³-hybridized carbons (Fsp3) is 0.400. The molecule has 142 valence electrons. The summed E-state index contributed by atoms with van der Waals surface area (Å²) >= 11 is 1.55. The van der Waals surface area contributed by atoms with Crippen LogP contribution < -0.4 is 5.32 Å². The smallest absolute Gasteiger partial charge is 0.475 e. The molecular formula is C15H17F3N4O3S. The van der Waals surface area contributed by atoms with Gasteiger partial charge >= 0.3 is 12.1 Å². The number of aryl methyl sites for hydroxylation is 3. The number of aromatic nitrogens is 3. The van der Waals surface area contributed by atoms with Crippen LogP contribution in [0.3, 0.4) is 0 Å². The van der Waals surface area contributed by atoms with Crippen molar-refractivity contribution in [1.82, 2.24) is 20.3 Å². The number of halogens is 3. The molecule has 0 radical (unpaired) electrons. The van der Waals surface area contributed by atoms with Gasteiger partial charge in [0.1, 0.15) is 5.82 Å². The minimum atomic E-state index is -5.08. The van der Waals surface area contributed by atoms with Crippen LogP contribution in [0.2, 0.25) is 0 Å². The van der Waals surface area contributed by atoms with Crippen molar-refractivity contribution in [2.75, 3.05) is 0 Å². The van der Waals surface area contributed by atoms with Gasteiger partial charge in [0.15, 0.2) is 0 Å². The first kappa shape index (κ1) is 21.5. The lowest BCUT2D eigenvalue weighted by atomic mass is 10.3. The molecule has 2 rings (SSSR count). The summed E-state index contributed by atoms with van der Waals surface area (Å²) in [5, 5.41) is 12.8. The molecular weight excluding hydrogens is 373 g/mol. The third kappa shape index (κ3) is 8.01. The number of rotatable bonds is 4. The normalized spacial score (nSPS) is 10.7. The Morgan fingerprint density at radius 2 is 1.69 bits per heavy atom. The number of carbonyl (C=O) groups is 2. The summed E-state index contributed by atoms with van der Waals surface area (Å²) in [5.74, 6) is -2.18. The van der Waals surface area contributed by atoms with E-state index in [9.17, 15) is 18.0 Å². The molecule has 0 saturated heterocycles. The fourth-order valence-corrected chi connectivity index (χ4v) is 2.38. The standard InChI is InChI=1S/C13H16N4OS.C2HF3O2/c1-8-4-9(2)16-12(15-8)6-14-13(18)5-11-7-19-10(3)17-11;3-2(4,5)1(6)7/h4,7H,5-6H2,1-3H3,(H,14,18);(H,6,7). The summed E-state index contributed by atoms with van der Waals surface area (Å²) in [7, 11) is 0. The number of carboxylic acids is 1. The van der Waals surface area contributed by atoms with E-state index < -0.39 is 12.1 Å². The lowest BCUT2D eigenvalue weighted by Gasteiger charge is -2.05. The Labute approximate surface area is 151 Å². The third-order valence-electron chi connectivity index (χ3n) is 2.72. The molecule has 0 atom stereocenters. The van der Waals surface area contributed by atoms with Gasteiger partial charge < -0.3 is 10.4 Å². The Kier molecular flexibility index (Phi) is 7.62. The summed E-state index contributed by atoms with van der Waals surface area (Å²) < 4.78 is 31.7. The molecule has 0 aliphatic carbocycles. The molecule has 0 aromatic carbocycles. The monoisotopic (exact) mass is 390 g/mol. The molecule has 0 spiro atoms. The van der Waals surface area contributed by atoms with Crippen LogP contribution >= 0.6 is 11.3 Å². The number of amides is 1. The van der Waals surface area contributed by atoms with E-state index in [1.807, 2.05) is 32.2 Å². The summed E-state index contributed by atoms with van der Waals surface area (Å²) in [6.45, 7) is 6.11. The number of aliphatic carboxylic acids is 1. The maximum Gasteiger partial charge on any atom is 0.490 e. The number of nitrogens with zero attached hydrogens (tertiary/aromatic N) is 3. The second-order valence-electron chi connectivity index (χ2n) is 5.18. The highest BCUT2D eigenvalue weighted by molar-refractivity contribution is 7.09. The molecule has 2 heterocycles. The number of carbonyl (C=O) groups excluding carboxylic acids is 1.